The number of hydrogen-bond donors (Lipinski definition) is 0. The van der Waals surface area contributed by atoms with Crippen molar-refractivity contribution in [3.8, 4) is 0 Å². The zero-order chi connectivity index (χ0) is 19.0. The van der Waals surface area contributed by atoms with E-state index >= 15 is 0 Å². The van der Waals surface area contributed by atoms with E-state index in [0.717, 1.165) is 36.3 Å². The van der Waals surface area contributed by atoms with Gasteiger partial charge in [-0.15, -0.1) is 0 Å². The van der Waals surface area contributed by atoms with Crippen LogP contribution in [0.1, 0.15) is 36.3 Å². The molecule has 0 aliphatic carbocycles. The molecule has 1 aliphatic rings. The van der Waals surface area contributed by atoms with Gasteiger partial charge >= 0.3 is 0 Å². The molecule has 3 aromatic rings. The molecule has 1 aromatic carbocycles. The van der Waals surface area contributed by atoms with Gasteiger partial charge in [0.05, 0.1) is 10.6 Å². The van der Waals surface area contributed by atoms with Gasteiger partial charge in [0.2, 0.25) is 10.0 Å². The molecule has 3 heterocycles. The first kappa shape index (κ1) is 18.5. The van der Waals surface area contributed by atoms with Crippen LogP contribution >= 0.6 is 11.8 Å². The number of thioether (sulfide) groups is 1. The van der Waals surface area contributed by atoms with Crippen molar-refractivity contribution in [3.05, 3.63) is 35.2 Å². The highest BCUT2D eigenvalue weighted by atomic mass is 32.2. The number of hydrogen-bond acceptors (Lipinski definition) is 7. The Labute approximate surface area is 162 Å². The summed E-state index contributed by atoms with van der Waals surface area (Å²) in [5, 5.41) is 4.44. The van der Waals surface area contributed by atoms with Gasteiger partial charge in [0.15, 0.2) is 5.58 Å². The fourth-order valence-electron chi connectivity index (χ4n) is 3.20. The Bertz CT molecular complexity index is 1050. The van der Waals surface area contributed by atoms with Gasteiger partial charge in [-0.25, -0.2) is 13.4 Å². The summed E-state index contributed by atoms with van der Waals surface area (Å²) in [5.41, 5.74) is 3.00. The molecule has 0 unspecified atom stereocenters. The zero-order valence-corrected chi connectivity index (χ0v) is 16.9. The van der Waals surface area contributed by atoms with Crippen LogP contribution in [0.5, 0.6) is 0 Å². The van der Waals surface area contributed by atoms with Crippen molar-refractivity contribution in [3.63, 3.8) is 0 Å². The summed E-state index contributed by atoms with van der Waals surface area (Å²) in [4.78, 5) is 4.72. The summed E-state index contributed by atoms with van der Waals surface area (Å²) in [6.07, 6.45) is 2.90. The Hall–Kier alpha value is -1.84. The highest BCUT2D eigenvalue weighted by Gasteiger charge is 2.26. The minimum Gasteiger partial charge on any atom is -0.431 e. The van der Waals surface area contributed by atoms with Crippen molar-refractivity contribution in [2.24, 2.45) is 0 Å². The summed E-state index contributed by atoms with van der Waals surface area (Å²) < 4.78 is 38.2. The number of rotatable bonds is 5. The van der Waals surface area contributed by atoms with Crippen LogP contribution in [-0.4, -0.2) is 36.0 Å². The molecule has 0 N–H and O–H groups in total. The second-order valence-electron chi connectivity index (χ2n) is 6.67. The third kappa shape index (κ3) is 3.63. The first-order chi connectivity index (χ1) is 12.9. The van der Waals surface area contributed by atoms with Crippen molar-refractivity contribution in [2.45, 2.75) is 49.0 Å². The van der Waals surface area contributed by atoms with Crippen molar-refractivity contribution in [2.75, 3.05) is 13.1 Å². The molecule has 0 spiro atoms. The van der Waals surface area contributed by atoms with Crippen molar-refractivity contribution in [1.82, 2.24) is 14.4 Å². The van der Waals surface area contributed by atoms with Crippen molar-refractivity contribution in [1.29, 1.82) is 0 Å². The standard InChI is InChI=1S/C18H21N3O4S2/c1-12-15(13(2)25-20-12)11-26-18-19-16-10-14(6-7-17(16)24-18)27(22,23)21-8-4-3-5-9-21/h6-7,10H,3-5,8-9,11H2,1-2H3. The number of benzene rings is 1. The van der Waals surface area contributed by atoms with Gasteiger partial charge in [0.1, 0.15) is 11.3 Å². The van der Waals surface area contributed by atoms with Crippen LogP contribution in [0.4, 0.5) is 0 Å². The molecule has 0 amide bonds. The quantitative estimate of drug-likeness (QED) is 0.593. The van der Waals surface area contributed by atoms with Gasteiger partial charge in [0, 0.05) is 24.4 Å². The van der Waals surface area contributed by atoms with E-state index in [0.29, 0.717) is 35.2 Å². The molecule has 27 heavy (non-hydrogen) atoms. The van der Waals surface area contributed by atoms with Crippen LogP contribution < -0.4 is 0 Å². The third-order valence-corrected chi connectivity index (χ3v) is 7.56. The minimum atomic E-state index is -3.48. The van der Waals surface area contributed by atoms with Crippen LogP contribution in [0, 0.1) is 13.8 Å². The van der Waals surface area contributed by atoms with Crippen LogP contribution in [0.15, 0.2) is 37.3 Å². The van der Waals surface area contributed by atoms with Crippen LogP contribution in [0.2, 0.25) is 0 Å². The smallest absolute Gasteiger partial charge is 0.257 e. The first-order valence-electron chi connectivity index (χ1n) is 8.90. The Morgan fingerprint density at radius 1 is 1.19 bits per heavy atom. The van der Waals surface area contributed by atoms with Gasteiger partial charge in [-0.2, -0.15) is 4.31 Å². The zero-order valence-electron chi connectivity index (χ0n) is 15.3. The van der Waals surface area contributed by atoms with Gasteiger partial charge in [-0.05, 0) is 44.9 Å². The average Bonchev–Trinajstić information content (AvgIpc) is 3.22. The maximum Gasteiger partial charge on any atom is 0.257 e. The second-order valence-corrected chi connectivity index (χ2v) is 9.53. The molecular formula is C18H21N3O4S2. The average molecular weight is 408 g/mol. The Morgan fingerprint density at radius 2 is 1.96 bits per heavy atom. The molecule has 4 rings (SSSR count). The SMILES string of the molecule is Cc1noc(C)c1CSc1nc2cc(S(=O)(=O)N3CCCCC3)ccc2o1. The van der Waals surface area contributed by atoms with E-state index in [4.69, 9.17) is 8.94 Å². The van der Waals surface area contributed by atoms with E-state index < -0.39 is 10.0 Å². The Morgan fingerprint density at radius 3 is 2.67 bits per heavy atom. The fourth-order valence-corrected chi connectivity index (χ4v) is 5.73. The third-order valence-electron chi connectivity index (χ3n) is 4.81. The van der Waals surface area contributed by atoms with Gasteiger partial charge in [0.25, 0.3) is 5.22 Å². The number of aromatic nitrogens is 2. The molecule has 0 bridgehead atoms. The summed E-state index contributed by atoms with van der Waals surface area (Å²) in [7, 11) is -3.48. The highest BCUT2D eigenvalue weighted by molar-refractivity contribution is 7.98. The summed E-state index contributed by atoms with van der Waals surface area (Å²) in [6.45, 7) is 4.94. The number of piperidine rings is 1. The topological polar surface area (TPSA) is 89.4 Å². The fraction of sp³-hybridized carbons (Fsp3) is 0.444. The lowest BCUT2D eigenvalue weighted by Gasteiger charge is -2.25. The Balaban J connectivity index is 1.56. The number of fused-ring (bicyclic) bond motifs is 1. The number of oxazole rings is 1. The molecular weight excluding hydrogens is 386 g/mol. The molecule has 1 fully saturated rings. The number of aryl methyl sites for hydroxylation is 2. The lowest BCUT2D eigenvalue weighted by molar-refractivity contribution is 0.346. The summed E-state index contributed by atoms with van der Waals surface area (Å²) in [5.74, 6) is 1.42. The van der Waals surface area contributed by atoms with E-state index in [9.17, 15) is 8.42 Å². The van der Waals surface area contributed by atoms with E-state index in [1.807, 2.05) is 13.8 Å². The predicted octanol–water partition coefficient (Wildman–Crippen LogP) is 3.90. The van der Waals surface area contributed by atoms with Crippen LogP contribution in [0.3, 0.4) is 0 Å². The molecule has 144 valence electrons. The summed E-state index contributed by atoms with van der Waals surface area (Å²) >= 11 is 1.44. The van der Waals surface area contributed by atoms with E-state index in [-0.39, 0.29) is 4.90 Å². The first-order valence-corrected chi connectivity index (χ1v) is 11.3. The number of sulfonamides is 1. The highest BCUT2D eigenvalue weighted by Crippen LogP contribution is 2.30. The monoisotopic (exact) mass is 407 g/mol. The van der Waals surface area contributed by atoms with E-state index in [1.54, 1.807) is 22.5 Å². The van der Waals surface area contributed by atoms with Crippen molar-refractivity contribution >= 4 is 32.9 Å². The number of nitrogens with zero attached hydrogens (tertiary/aromatic N) is 3. The lowest BCUT2D eigenvalue weighted by atomic mass is 10.2. The largest absolute Gasteiger partial charge is 0.431 e. The molecule has 1 saturated heterocycles. The molecule has 7 nitrogen and oxygen atoms in total. The van der Waals surface area contributed by atoms with E-state index in [2.05, 4.69) is 10.1 Å². The Kier molecular flexibility index (Phi) is 5.00. The molecule has 0 radical (unpaired) electrons. The van der Waals surface area contributed by atoms with Gasteiger partial charge in [-0.3, -0.25) is 0 Å². The van der Waals surface area contributed by atoms with E-state index in [1.165, 1.54) is 11.8 Å². The maximum atomic E-state index is 12.8. The molecule has 9 heteroatoms. The molecule has 0 saturated carbocycles. The molecule has 2 aromatic heterocycles. The normalized spacial score (nSPS) is 16.2. The van der Waals surface area contributed by atoms with Crippen molar-refractivity contribution < 1.29 is 17.4 Å². The molecule has 1 aliphatic heterocycles. The minimum absolute atomic E-state index is 0.271. The lowest BCUT2D eigenvalue weighted by Crippen LogP contribution is -2.35. The van der Waals surface area contributed by atoms with Gasteiger partial charge < -0.3 is 8.94 Å². The van der Waals surface area contributed by atoms with Crippen LogP contribution in [-0.2, 0) is 15.8 Å². The molecule has 0 atom stereocenters. The van der Waals surface area contributed by atoms with Gasteiger partial charge in [-0.1, -0.05) is 23.3 Å². The maximum absolute atomic E-state index is 12.8. The predicted molar refractivity (Wildman–Crippen MR) is 102 cm³/mol. The van der Waals surface area contributed by atoms with Crippen LogP contribution in [0.25, 0.3) is 11.1 Å². The summed E-state index contributed by atoms with van der Waals surface area (Å²) in [6, 6.07) is 4.88. The second kappa shape index (κ2) is 7.29.